The molecule has 4 heteroatoms. The molecule has 3 saturated carbocycles. The van der Waals surface area contributed by atoms with E-state index in [4.69, 9.17) is 11.5 Å². The number of aliphatic hydroxyl groups is 1. The first-order valence-corrected chi connectivity index (χ1v) is 14.9. The zero-order valence-electron chi connectivity index (χ0n) is 23.3. The molecule has 10 atom stereocenters. The number of hydrogen-bond donors (Lipinski definition) is 3. The predicted molar refractivity (Wildman–Crippen MR) is 144 cm³/mol. The van der Waals surface area contributed by atoms with Gasteiger partial charge in [0.15, 0.2) is 0 Å². The van der Waals surface area contributed by atoms with Crippen LogP contribution in [0.15, 0.2) is 11.6 Å². The van der Waals surface area contributed by atoms with Crippen LogP contribution < -0.4 is 11.5 Å². The van der Waals surface area contributed by atoms with Gasteiger partial charge in [-0.2, -0.15) is 0 Å². The molecule has 0 saturated heterocycles. The number of primary amides is 1. The lowest BCUT2D eigenvalue weighted by Gasteiger charge is -2.60. The maximum atomic E-state index is 12.4. The van der Waals surface area contributed by atoms with Gasteiger partial charge in [0.1, 0.15) is 0 Å². The van der Waals surface area contributed by atoms with E-state index in [1.54, 1.807) is 0 Å². The second kappa shape index (κ2) is 10.5. The van der Waals surface area contributed by atoms with E-state index in [-0.39, 0.29) is 23.2 Å². The molecule has 200 valence electrons. The van der Waals surface area contributed by atoms with E-state index in [9.17, 15) is 9.90 Å². The van der Waals surface area contributed by atoms with Crippen molar-refractivity contribution < 1.29 is 9.90 Å². The molecule has 0 aromatic carbocycles. The minimum absolute atomic E-state index is 0.0808. The molecular formula is C31H54N2O2. The third-order valence-electron chi connectivity index (χ3n) is 11.7. The summed E-state index contributed by atoms with van der Waals surface area (Å²) in [6, 6.07) is 0. The third kappa shape index (κ3) is 4.76. The molecule has 4 nitrogen and oxygen atoms in total. The van der Waals surface area contributed by atoms with Crippen LogP contribution in [0.4, 0.5) is 0 Å². The van der Waals surface area contributed by atoms with E-state index >= 15 is 0 Å². The predicted octanol–water partition coefficient (Wildman–Crippen LogP) is 6.07. The van der Waals surface area contributed by atoms with Crippen LogP contribution in [0.2, 0.25) is 0 Å². The minimum atomic E-state index is -0.480. The summed E-state index contributed by atoms with van der Waals surface area (Å²) in [6.07, 6.45) is 15.0. The number of fused-ring (bicyclic) bond motifs is 5. The number of aliphatic hydroxyl groups excluding tert-OH is 1. The summed E-state index contributed by atoms with van der Waals surface area (Å²) in [5.41, 5.74) is 13.6. The second-order valence-electron chi connectivity index (χ2n) is 13.9. The molecule has 4 rings (SSSR count). The first kappa shape index (κ1) is 27.2. The smallest absolute Gasteiger partial charge is 0.221 e. The molecule has 0 radical (unpaired) electrons. The molecule has 0 aliphatic heterocycles. The van der Waals surface area contributed by atoms with Crippen LogP contribution in [-0.2, 0) is 4.79 Å². The standard InChI is InChI=1S/C31H54N2O2/c1-19(2)7-6-8-20(3)23-11-12-24-21-9-10-26-28(22(15-18-32)29(33)35)27(34)14-17-31(26,5)25(21)13-16-30(23,24)4/h10,19-25,27-28,34H,6-9,11-18,32H2,1-5H3,(H2,33,35)/t20-,21+,22?,23-,24+,25+,27+,28?,30-,31-/m1/s1. The van der Waals surface area contributed by atoms with Gasteiger partial charge >= 0.3 is 0 Å². The molecule has 4 aliphatic rings. The van der Waals surface area contributed by atoms with E-state index in [0.29, 0.717) is 24.3 Å². The van der Waals surface area contributed by atoms with Crippen LogP contribution in [0.1, 0.15) is 105 Å². The lowest BCUT2D eigenvalue weighted by Crippen LogP contribution is -2.54. The first-order chi connectivity index (χ1) is 16.5. The second-order valence-corrected chi connectivity index (χ2v) is 13.9. The number of allylic oxidation sites excluding steroid dienone is 1. The maximum Gasteiger partial charge on any atom is 0.221 e. The van der Waals surface area contributed by atoms with Crippen molar-refractivity contribution in [3.05, 3.63) is 11.6 Å². The summed E-state index contributed by atoms with van der Waals surface area (Å²) in [6.45, 7) is 12.8. The monoisotopic (exact) mass is 486 g/mol. The Labute approximate surface area is 215 Å². The fraction of sp³-hybridized carbons (Fsp3) is 0.903. The Kier molecular flexibility index (Phi) is 8.14. The number of rotatable bonds is 9. The van der Waals surface area contributed by atoms with Crippen molar-refractivity contribution in [2.45, 2.75) is 111 Å². The summed E-state index contributed by atoms with van der Waals surface area (Å²) in [5, 5.41) is 11.1. The summed E-state index contributed by atoms with van der Waals surface area (Å²) in [5.74, 6) is 3.92. The molecule has 2 unspecified atom stereocenters. The largest absolute Gasteiger partial charge is 0.392 e. The molecule has 0 heterocycles. The van der Waals surface area contributed by atoms with Crippen molar-refractivity contribution >= 4 is 5.91 Å². The van der Waals surface area contributed by atoms with E-state index in [1.165, 1.54) is 50.5 Å². The molecule has 0 bridgehead atoms. The zero-order valence-corrected chi connectivity index (χ0v) is 23.3. The van der Waals surface area contributed by atoms with Gasteiger partial charge in [-0.3, -0.25) is 4.79 Å². The molecule has 35 heavy (non-hydrogen) atoms. The number of nitrogens with two attached hydrogens (primary N) is 2. The first-order valence-electron chi connectivity index (χ1n) is 14.9. The van der Waals surface area contributed by atoms with Gasteiger partial charge in [-0.1, -0.05) is 65.5 Å². The van der Waals surface area contributed by atoms with Gasteiger partial charge in [0, 0.05) is 11.8 Å². The highest BCUT2D eigenvalue weighted by molar-refractivity contribution is 5.77. The van der Waals surface area contributed by atoms with Crippen LogP contribution >= 0.6 is 0 Å². The maximum absolute atomic E-state index is 12.4. The van der Waals surface area contributed by atoms with Crippen LogP contribution in [0.5, 0.6) is 0 Å². The van der Waals surface area contributed by atoms with Crippen molar-refractivity contribution in [3.63, 3.8) is 0 Å². The molecule has 4 aliphatic carbocycles. The minimum Gasteiger partial charge on any atom is -0.392 e. The Morgan fingerprint density at radius 1 is 1.06 bits per heavy atom. The van der Waals surface area contributed by atoms with Crippen molar-refractivity contribution in [3.8, 4) is 0 Å². The van der Waals surface area contributed by atoms with E-state index in [2.05, 4.69) is 40.7 Å². The van der Waals surface area contributed by atoms with Crippen molar-refractivity contribution in [2.24, 2.45) is 69.6 Å². The van der Waals surface area contributed by atoms with Gasteiger partial charge in [-0.15, -0.1) is 0 Å². The lowest BCUT2D eigenvalue weighted by atomic mass is 9.45. The lowest BCUT2D eigenvalue weighted by molar-refractivity contribution is -0.127. The highest BCUT2D eigenvalue weighted by atomic mass is 16.3. The van der Waals surface area contributed by atoms with Gasteiger partial charge in [0.05, 0.1) is 6.10 Å². The van der Waals surface area contributed by atoms with Gasteiger partial charge in [0.25, 0.3) is 0 Å². The van der Waals surface area contributed by atoms with E-state index in [1.807, 2.05) is 0 Å². The molecule has 0 spiro atoms. The number of carbonyl (C=O) groups excluding carboxylic acids is 1. The third-order valence-corrected chi connectivity index (χ3v) is 11.7. The molecular weight excluding hydrogens is 432 g/mol. The van der Waals surface area contributed by atoms with Crippen molar-refractivity contribution in [1.82, 2.24) is 0 Å². The Morgan fingerprint density at radius 2 is 1.80 bits per heavy atom. The number of amides is 1. The number of hydrogen-bond acceptors (Lipinski definition) is 3. The van der Waals surface area contributed by atoms with Gasteiger partial charge in [-0.05, 0) is 104 Å². The summed E-state index contributed by atoms with van der Waals surface area (Å²) in [7, 11) is 0. The molecule has 3 fully saturated rings. The Morgan fingerprint density at radius 3 is 2.46 bits per heavy atom. The highest BCUT2D eigenvalue weighted by Crippen LogP contribution is 2.68. The van der Waals surface area contributed by atoms with E-state index < -0.39 is 6.10 Å². The Balaban J connectivity index is 1.56. The van der Waals surface area contributed by atoms with Crippen molar-refractivity contribution in [2.75, 3.05) is 6.54 Å². The molecule has 0 aromatic rings. The van der Waals surface area contributed by atoms with Crippen molar-refractivity contribution in [1.29, 1.82) is 0 Å². The van der Waals surface area contributed by atoms with E-state index in [0.717, 1.165) is 48.9 Å². The highest BCUT2D eigenvalue weighted by Gasteiger charge is 2.60. The topological polar surface area (TPSA) is 89.3 Å². The average molecular weight is 487 g/mol. The van der Waals surface area contributed by atoms with Crippen LogP contribution in [0.3, 0.4) is 0 Å². The van der Waals surface area contributed by atoms with Gasteiger partial charge in [-0.25, -0.2) is 0 Å². The van der Waals surface area contributed by atoms with Crippen LogP contribution in [0, 0.1) is 58.2 Å². The quantitative estimate of drug-likeness (QED) is 0.346. The molecule has 1 amide bonds. The summed E-state index contributed by atoms with van der Waals surface area (Å²) < 4.78 is 0. The van der Waals surface area contributed by atoms with Crippen LogP contribution in [0.25, 0.3) is 0 Å². The van der Waals surface area contributed by atoms with Gasteiger partial charge < -0.3 is 16.6 Å². The normalized spacial score (nSPS) is 42.6. The number of carbonyl (C=O) groups is 1. The molecule has 0 aromatic heterocycles. The fourth-order valence-corrected chi connectivity index (χ4v) is 9.99. The Hall–Kier alpha value is -0.870. The van der Waals surface area contributed by atoms with Gasteiger partial charge in [0.2, 0.25) is 5.91 Å². The average Bonchev–Trinajstić information content (AvgIpc) is 3.15. The zero-order chi connectivity index (χ0) is 25.5. The SMILES string of the molecule is CC(C)CCC[C@@H](C)[C@H]1CC[C@H]2[C@@H]3CC=C4C(C(CCN)C(N)=O)[C@@H](O)CC[C@]4(C)[C@H]3CC[C@]12C. The summed E-state index contributed by atoms with van der Waals surface area (Å²) >= 11 is 0. The summed E-state index contributed by atoms with van der Waals surface area (Å²) in [4.78, 5) is 12.4. The Bertz CT molecular complexity index is 793. The fourth-order valence-electron chi connectivity index (χ4n) is 9.99. The molecule has 5 N–H and O–H groups in total. The van der Waals surface area contributed by atoms with Crippen LogP contribution in [-0.4, -0.2) is 23.7 Å².